The van der Waals surface area contributed by atoms with E-state index in [0.717, 1.165) is 27.8 Å². The number of hydrogen-bond donors (Lipinski definition) is 0. The third-order valence-corrected chi connectivity index (χ3v) is 6.40. The fourth-order valence-electron chi connectivity index (χ4n) is 4.63. The Hall–Kier alpha value is -3.97. The number of rotatable bonds is 5. The van der Waals surface area contributed by atoms with Crippen LogP contribution in [-0.4, -0.2) is 59.9 Å². The number of carbonyl (C=O) groups excluding carboxylic acids is 2. The monoisotopic (exact) mass is 469 g/mol. The number of furan rings is 1. The standard InChI is InChI=1S/C28H27N3O4/c1-19-12-13-24(35-19)27(32)31-16-14-30(15-17-31)18-23-26(28(33)34-2)25(20-8-4-3-5-9-20)21-10-6-7-11-22(21)29-23/h3-13H,14-18H2,1-2H3. The largest absolute Gasteiger partial charge is 0.465 e. The van der Waals surface area contributed by atoms with Gasteiger partial charge in [-0.15, -0.1) is 0 Å². The molecule has 2 aromatic heterocycles. The van der Waals surface area contributed by atoms with Crippen LogP contribution in [0.15, 0.2) is 71.1 Å². The van der Waals surface area contributed by atoms with E-state index in [1.165, 1.54) is 7.11 Å². The molecule has 2 aromatic carbocycles. The molecule has 0 atom stereocenters. The zero-order chi connectivity index (χ0) is 24.4. The van der Waals surface area contributed by atoms with Crippen molar-refractivity contribution >= 4 is 22.8 Å². The van der Waals surface area contributed by atoms with Crippen LogP contribution in [-0.2, 0) is 11.3 Å². The maximum absolute atomic E-state index is 13.1. The second kappa shape index (κ2) is 9.72. The molecule has 0 bridgehead atoms. The molecular formula is C28H27N3O4. The molecular weight excluding hydrogens is 442 g/mol. The van der Waals surface area contributed by atoms with Crippen molar-refractivity contribution in [3.8, 4) is 11.1 Å². The van der Waals surface area contributed by atoms with Crippen LogP contribution in [0.4, 0.5) is 0 Å². The van der Waals surface area contributed by atoms with Crippen molar-refractivity contribution in [2.45, 2.75) is 13.5 Å². The van der Waals surface area contributed by atoms with Crippen LogP contribution in [0.2, 0.25) is 0 Å². The average Bonchev–Trinajstić information content (AvgIpc) is 3.34. The van der Waals surface area contributed by atoms with E-state index in [2.05, 4.69) is 4.90 Å². The molecule has 178 valence electrons. The number of piperazine rings is 1. The lowest BCUT2D eigenvalue weighted by Gasteiger charge is -2.34. The maximum atomic E-state index is 13.1. The Balaban J connectivity index is 1.46. The lowest BCUT2D eigenvalue weighted by Crippen LogP contribution is -2.48. The molecule has 0 spiro atoms. The second-order valence-electron chi connectivity index (χ2n) is 8.66. The molecule has 0 aliphatic carbocycles. The number of hydrogen-bond acceptors (Lipinski definition) is 6. The number of carbonyl (C=O) groups is 2. The van der Waals surface area contributed by atoms with Crippen molar-refractivity contribution < 1.29 is 18.7 Å². The second-order valence-corrected chi connectivity index (χ2v) is 8.66. The number of nitrogens with zero attached hydrogens (tertiary/aromatic N) is 3. The summed E-state index contributed by atoms with van der Waals surface area (Å²) in [6.07, 6.45) is 0. The third kappa shape index (κ3) is 4.55. The highest BCUT2D eigenvalue weighted by atomic mass is 16.5. The van der Waals surface area contributed by atoms with E-state index >= 15 is 0 Å². The minimum Gasteiger partial charge on any atom is -0.465 e. The molecule has 0 radical (unpaired) electrons. The summed E-state index contributed by atoms with van der Waals surface area (Å²) >= 11 is 0. The van der Waals surface area contributed by atoms with Crippen LogP contribution in [0.5, 0.6) is 0 Å². The number of aromatic nitrogens is 1. The van der Waals surface area contributed by atoms with Gasteiger partial charge in [-0.1, -0.05) is 48.5 Å². The maximum Gasteiger partial charge on any atom is 0.340 e. The first-order valence-corrected chi connectivity index (χ1v) is 11.7. The van der Waals surface area contributed by atoms with E-state index in [-0.39, 0.29) is 5.91 Å². The number of aryl methyl sites for hydroxylation is 1. The van der Waals surface area contributed by atoms with Gasteiger partial charge in [0.2, 0.25) is 0 Å². The molecule has 4 aromatic rings. The molecule has 0 N–H and O–H groups in total. The van der Waals surface area contributed by atoms with Gasteiger partial charge in [-0.2, -0.15) is 0 Å². The van der Waals surface area contributed by atoms with Gasteiger partial charge in [-0.05, 0) is 30.7 Å². The molecule has 3 heterocycles. The first-order chi connectivity index (χ1) is 17.0. The summed E-state index contributed by atoms with van der Waals surface area (Å²) in [5, 5.41) is 0.909. The molecule has 7 heteroatoms. The summed E-state index contributed by atoms with van der Waals surface area (Å²) in [5.74, 6) is 0.592. The molecule has 0 saturated carbocycles. The topological polar surface area (TPSA) is 75.9 Å². The summed E-state index contributed by atoms with van der Waals surface area (Å²) < 4.78 is 10.7. The normalized spacial score (nSPS) is 14.3. The molecule has 1 aliphatic rings. The zero-order valence-electron chi connectivity index (χ0n) is 19.9. The number of fused-ring (bicyclic) bond motifs is 1. The van der Waals surface area contributed by atoms with Crippen LogP contribution < -0.4 is 0 Å². The zero-order valence-corrected chi connectivity index (χ0v) is 19.9. The van der Waals surface area contributed by atoms with Gasteiger partial charge in [0, 0.05) is 43.7 Å². The van der Waals surface area contributed by atoms with Gasteiger partial charge >= 0.3 is 5.97 Å². The molecule has 7 nitrogen and oxygen atoms in total. The van der Waals surface area contributed by atoms with E-state index in [0.29, 0.717) is 49.7 Å². The smallest absolute Gasteiger partial charge is 0.340 e. The van der Waals surface area contributed by atoms with E-state index in [9.17, 15) is 9.59 Å². The number of para-hydroxylation sites is 1. The van der Waals surface area contributed by atoms with Crippen LogP contribution in [0, 0.1) is 6.92 Å². The lowest BCUT2D eigenvalue weighted by atomic mass is 9.93. The Morgan fingerprint density at radius 2 is 1.66 bits per heavy atom. The van der Waals surface area contributed by atoms with Crippen LogP contribution >= 0.6 is 0 Å². The minimum absolute atomic E-state index is 0.0943. The predicted molar refractivity (Wildman–Crippen MR) is 133 cm³/mol. The summed E-state index contributed by atoms with van der Waals surface area (Å²) in [6.45, 7) is 4.80. The van der Waals surface area contributed by atoms with E-state index in [4.69, 9.17) is 14.1 Å². The summed E-state index contributed by atoms with van der Waals surface area (Å²) in [6, 6.07) is 21.2. The quantitative estimate of drug-likeness (QED) is 0.399. The fourth-order valence-corrected chi connectivity index (χ4v) is 4.63. The van der Waals surface area contributed by atoms with Crippen LogP contribution in [0.25, 0.3) is 22.0 Å². The van der Waals surface area contributed by atoms with Crippen LogP contribution in [0.3, 0.4) is 0 Å². The molecule has 35 heavy (non-hydrogen) atoms. The first-order valence-electron chi connectivity index (χ1n) is 11.7. The fraction of sp³-hybridized carbons (Fsp3) is 0.250. The lowest BCUT2D eigenvalue weighted by molar-refractivity contribution is 0.0586. The number of pyridine rings is 1. The Labute approximate surface area is 203 Å². The summed E-state index contributed by atoms with van der Waals surface area (Å²) in [4.78, 5) is 34.7. The minimum atomic E-state index is -0.404. The number of esters is 1. The van der Waals surface area contributed by atoms with Crippen molar-refractivity contribution in [2.75, 3.05) is 33.3 Å². The third-order valence-electron chi connectivity index (χ3n) is 6.40. The molecule has 1 saturated heterocycles. The van der Waals surface area contributed by atoms with Gasteiger partial charge in [0.15, 0.2) is 5.76 Å². The van der Waals surface area contributed by atoms with Crippen molar-refractivity contribution in [1.29, 1.82) is 0 Å². The van der Waals surface area contributed by atoms with Gasteiger partial charge in [0.05, 0.1) is 23.9 Å². The number of amides is 1. The highest BCUT2D eigenvalue weighted by molar-refractivity contribution is 6.07. The molecule has 1 amide bonds. The van der Waals surface area contributed by atoms with E-state index in [1.807, 2.05) is 61.5 Å². The number of benzene rings is 2. The predicted octanol–water partition coefficient (Wildman–Crippen LogP) is 4.55. The number of ether oxygens (including phenoxy) is 1. The van der Waals surface area contributed by atoms with Crippen molar-refractivity contribution in [3.63, 3.8) is 0 Å². The van der Waals surface area contributed by atoms with Crippen LogP contribution in [0.1, 0.15) is 32.4 Å². The molecule has 5 rings (SSSR count). The van der Waals surface area contributed by atoms with Gasteiger partial charge in [0.25, 0.3) is 5.91 Å². The van der Waals surface area contributed by atoms with Gasteiger partial charge in [-0.25, -0.2) is 4.79 Å². The Morgan fingerprint density at radius 1 is 0.943 bits per heavy atom. The van der Waals surface area contributed by atoms with E-state index < -0.39 is 5.97 Å². The van der Waals surface area contributed by atoms with Gasteiger partial charge in [-0.3, -0.25) is 14.7 Å². The van der Waals surface area contributed by atoms with Gasteiger partial charge in [0.1, 0.15) is 5.76 Å². The van der Waals surface area contributed by atoms with Gasteiger partial charge < -0.3 is 14.1 Å². The highest BCUT2D eigenvalue weighted by Crippen LogP contribution is 2.34. The highest BCUT2D eigenvalue weighted by Gasteiger charge is 2.27. The summed E-state index contributed by atoms with van der Waals surface area (Å²) in [5.41, 5.74) is 3.77. The Kier molecular flexibility index (Phi) is 6.33. The van der Waals surface area contributed by atoms with Crippen molar-refractivity contribution in [1.82, 2.24) is 14.8 Å². The molecule has 1 aliphatic heterocycles. The molecule has 1 fully saturated rings. The average molecular weight is 470 g/mol. The number of methoxy groups -OCH3 is 1. The SMILES string of the molecule is COC(=O)c1c(CN2CCN(C(=O)c3ccc(C)o3)CC2)nc2ccccc2c1-c1ccccc1. The first kappa shape index (κ1) is 22.8. The Bertz CT molecular complexity index is 1370. The van der Waals surface area contributed by atoms with Crippen molar-refractivity contribution in [3.05, 3.63) is 89.5 Å². The van der Waals surface area contributed by atoms with E-state index in [1.54, 1.807) is 17.0 Å². The Morgan fingerprint density at radius 3 is 2.34 bits per heavy atom. The molecule has 0 unspecified atom stereocenters. The van der Waals surface area contributed by atoms with Crippen molar-refractivity contribution in [2.24, 2.45) is 0 Å². The summed E-state index contributed by atoms with van der Waals surface area (Å²) in [7, 11) is 1.40.